The summed E-state index contributed by atoms with van der Waals surface area (Å²) in [6, 6.07) is 19.2. The van der Waals surface area contributed by atoms with Gasteiger partial charge < -0.3 is 0 Å². The molecule has 0 fully saturated rings. The van der Waals surface area contributed by atoms with Gasteiger partial charge in [0.15, 0.2) is 0 Å². The van der Waals surface area contributed by atoms with Gasteiger partial charge in [0.2, 0.25) is 11.5 Å². The van der Waals surface area contributed by atoms with Crippen molar-refractivity contribution in [1.82, 2.24) is 19.6 Å². The topological polar surface area (TPSA) is 95.8 Å². The number of allylic oxidation sites excluding steroid dienone is 1. The molecular formula is C22H17N5O3. The Kier molecular flexibility index (Phi) is 5.04. The average Bonchev–Trinajstić information content (AvgIpc) is 3.37. The number of aryl methyl sites for hydroxylation is 1. The molecule has 0 unspecified atom stereocenters. The van der Waals surface area contributed by atoms with Gasteiger partial charge in [0.05, 0.1) is 16.3 Å². The molecule has 0 N–H and O–H groups in total. The number of para-hydroxylation sites is 1. The summed E-state index contributed by atoms with van der Waals surface area (Å²) in [5.41, 5.74) is 2.64. The summed E-state index contributed by atoms with van der Waals surface area (Å²) in [6.45, 7) is 0. The summed E-state index contributed by atoms with van der Waals surface area (Å²) in [5, 5.41) is 19.8. The van der Waals surface area contributed by atoms with Gasteiger partial charge in [0.1, 0.15) is 6.20 Å². The van der Waals surface area contributed by atoms with Crippen molar-refractivity contribution in [2.45, 2.75) is 0 Å². The molecule has 4 aromatic rings. The third kappa shape index (κ3) is 3.79. The van der Waals surface area contributed by atoms with Crippen LogP contribution in [0.1, 0.15) is 16.1 Å². The molecule has 0 aliphatic carbocycles. The lowest BCUT2D eigenvalue weighted by atomic mass is 10.1. The Morgan fingerprint density at radius 2 is 1.67 bits per heavy atom. The second-order valence-corrected chi connectivity index (χ2v) is 6.57. The molecule has 0 aliphatic heterocycles. The maximum absolute atomic E-state index is 12.6. The van der Waals surface area contributed by atoms with Gasteiger partial charge in [0.25, 0.3) is 0 Å². The molecule has 2 aromatic heterocycles. The van der Waals surface area contributed by atoms with Crippen LogP contribution >= 0.6 is 0 Å². The smallest absolute Gasteiger partial charge is 0.287 e. The molecule has 8 nitrogen and oxygen atoms in total. The summed E-state index contributed by atoms with van der Waals surface area (Å²) in [5.74, 6) is -0.547. The highest BCUT2D eigenvalue weighted by molar-refractivity contribution is 6.08. The quantitative estimate of drug-likeness (QED) is 0.211. The molecular weight excluding hydrogens is 382 g/mol. The van der Waals surface area contributed by atoms with E-state index in [0.29, 0.717) is 11.3 Å². The van der Waals surface area contributed by atoms with Crippen LogP contribution in [0.25, 0.3) is 23.0 Å². The monoisotopic (exact) mass is 399 g/mol. The van der Waals surface area contributed by atoms with Crippen LogP contribution in [0.15, 0.2) is 79.1 Å². The van der Waals surface area contributed by atoms with Crippen LogP contribution in [0.3, 0.4) is 0 Å². The summed E-state index contributed by atoms with van der Waals surface area (Å²) in [4.78, 5) is 23.1. The van der Waals surface area contributed by atoms with E-state index in [0.717, 1.165) is 11.3 Å². The SMILES string of the molecule is Cn1cc([N+](=O)[O-])c(C(=O)/C=C/c2cn(-c3ccccc3)nc2-c2ccccc2)n1. The average molecular weight is 399 g/mol. The molecule has 148 valence electrons. The number of nitro groups is 1. The van der Waals surface area contributed by atoms with Gasteiger partial charge in [-0.2, -0.15) is 10.2 Å². The maximum Gasteiger partial charge on any atom is 0.318 e. The van der Waals surface area contributed by atoms with Crippen LogP contribution in [0.5, 0.6) is 0 Å². The molecule has 4 rings (SSSR count). The summed E-state index contributed by atoms with van der Waals surface area (Å²) >= 11 is 0. The predicted octanol–water partition coefficient (Wildman–Crippen LogP) is 4.08. The second kappa shape index (κ2) is 7.96. The molecule has 30 heavy (non-hydrogen) atoms. The normalized spacial score (nSPS) is 11.1. The molecule has 0 saturated carbocycles. The lowest BCUT2D eigenvalue weighted by Crippen LogP contribution is -2.01. The van der Waals surface area contributed by atoms with Crippen molar-refractivity contribution < 1.29 is 9.72 Å². The Hall–Kier alpha value is -4.33. The fourth-order valence-corrected chi connectivity index (χ4v) is 3.07. The summed E-state index contributed by atoms with van der Waals surface area (Å²) < 4.78 is 2.98. The number of rotatable bonds is 6. The minimum atomic E-state index is -0.614. The van der Waals surface area contributed by atoms with Crippen LogP contribution < -0.4 is 0 Å². The lowest BCUT2D eigenvalue weighted by molar-refractivity contribution is -0.385. The fourth-order valence-electron chi connectivity index (χ4n) is 3.07. The van der Waals surface area contributed by atoms with E-state index in [1.165, 1.54) is 24.0 Å². The van der Waals surface area contributed by atoms with Crippen molar-refractivity contribution in [3.63, 3.8) is 0 Å². The zero-order valence-corrected chi connectivity index (χ0v) is 16.0. The Morgan fingerprint density at radius 1 is 1.00 bits per heavy atom. The van der Waals surface area contributed by atoms with E-state index >= 15 is 0 Å². The van der Waals surface area contributed by atoms with Crippen LogP contribution in [0.2, 0.25) is 0 Å². The van der Waals surface area contributed by atoms with Crippen LogP contribution in [-0.2, 0) is 7.05 Å². The molecule has 0 saturated heterocycles. The Labute approximate surface area is 171 Å². The first-order valence-corrected chi connectivity index (χ1v) is 9.14. The number of benzene rings is 2. The Morgan fingerprint density at radius 3 is 2.33 bits per heavy atom. The molecule has 0 atom stereocenters. The largest absolute Gasteiger partial charge is 0.318 e. The molecule has 2 aromatic carbocycles. The molecule has 8 heteroatoms. The zero-order valence-electron chi connectivity index (χ0n) is 16.0. The first-order valence-electron chi connectivity index (χ1n) is 9.14. The van der Waals surface area contributed by atoms with E-state index in [2.05, 4.69) is 10.2 Å². The van der Waals surface area contributed by atoms with Crippen molar-refractivity contribution >= 4 is 17.5 Å². The van der Waals surface area contributed by atoms with Gasteiger partial charge in [-0.05, 0) is 24.3 Å². The van der Waals surface area contributed by atoms with E-state index in [-0.39, 0.29) is 11.4 Å². The third-order valence-electron chi connectivity index (χ3n) is 4.46. The van der Waals surface area contributed by atoms with Crippen molar-refractivity contribution in [2.75, 3.05) is 0 Å². The van der Waals surface area contributed by atoms with Gasteiger partial charge >= 0.3 is 5.69 Å². The number of aromatic nitrogens is 4. The predicted molar refractivity (Wildman–Crippen MR) is 112 cm³/mol. The van der Waals surface area contributed by atoms with Gasteiger partial charge in [0, 0.05) is 24.4 Å². The lowest BCUT2D eigenvalue weighted by Gasteiger charge is -2.00. The number of hydrogen-bond donors (Lipinski definition) is 0. The Bertz CT molecular complexity index is 1240. The van der Waals surface area contributed by atoms with Gasteiger partial charge in [-0.25, -0.2) is 4.68 Å². The summed E-state index contributed by atoms with van der Waals surface area (Å²) in [6.07, 6.45) is 5.92. The van der Waals surface area contributed by atoms with Crippen molar-refractivity contribution in [3.8, 4) is 16.9 Å². The number of ketones is 1. The second-order valence-electron chi connectivity index (χ2n) is 6.57. The number of carbonyl (C=O) groups is 1. The minimum absolute atomic E-state index is 0.199. The van der Waals surface area contributed by atoms with Crippen molar-refractivity contribution in [3.05, 3.63) is 101 Å². The molecule has 2 heterocycles. The van der Waals surface area contributed by atoms with Crippen LogP contribution in [0.4, 0.5) is 5.69 Å². The number of hydrogen-bond acceptors (Lipinski definition) is 5. The molecule has 0 amide bonds. The van der Waals surface area contributed by atoms with E-state index in [1.807, 2.05) is 66.9 Å². The van der Waals surface area contributed by atoms with Crippen molar-refractivity contribution in [1.29, 1.82) is 0 Å². The van der Waals surface area contributed by atoms with Crippen LogP contribution in [0, 0.1) is 10.1 Å². The number of carbonyl (C=O) groups excluding carboxylic acids is 1. The van der Waals surface area contributed by atoms with E-state index in [9.17, 15) is 14.9 Å². The first kappa shape index (κ1) is 19.0. The molecule has 0 bridgehead atoms. The van der Waals surface area contributed by atoms with E-state index < -0.39 is 10.7 Å². The molecule has 0 aliphatic rings. The fraction of sp³-hybridized carbons (Fsp3) is 0.0455. The third-order valence-corrected chi connectivity index (χ3v) is 4.46. The van der Waals surface area contributed by atoms with Gasteiger partial charge in [-0.15, -0.1) is 0 Å². The molecule has 0 spiro atoms. The highest BCUT2D eigenvalue weighted by Crippen LogP contribution is 2.25. The van der Waals surface area contributed by atoms with Crippen molar-refractivity contribution in [2.24, 2.45) is 7.05 Å². The van der Waals surface area contributed by atoms with E-state index in [1.54, 1.807) is 10.8 Å². The standard InChI is InChI=1S/C22H17N5O3/c1-25-15-19(27(29)30)22(23-25)20(28)13-12-17-14-26(18-10-6-3-7-11-18)24-21(17)16-8-4-2-5-9-16/h2-15H,1H3/b13-12+. The number of nitrogens with zero attached hydrogens (tertiary/aromatic N) is 5. The minimum Gasteiger partial charge on any atom is -0.287 e. The molecule has 0 radical (unpaired) electrons. The first-order chi connectivity index (χ1) is 14.5. The van der Waals surface area contributed by atoms with Crippen LogP contribution in [-0.4, -0.2) is 30.3 Å². The summed E-state index contributed by atoms with van der Waals surface area (Å²) in [7, 11) is 1.53. The highest BCUT2D eigenvalue weighted by Gasteiger charge is 2.23. The zero-order chi connectivity index (χ0) is 21.1. The van der Waals surface area contributed by atoms with Gasteiger partial charge in [-0.1, -0.05) is 48.5 Å². The van der Waals surface area contributed by atoms with Gasteiger partial charge in [-0.3, -0.25) is 19.6 Å². The Balaban J connectivity index is 1.74. The highest BCUT2D eigenvalue weighted by atomic mass is 16.6. The maximum atomic E-state index is 12.6. The van der Waals surface area contributed by atoms with E-state index in [4.69, 9.17) is 0 Å².